The van der Waals surface area contributed by atoms with E-state index in [2.05, 4.69) is 34.6 Å². The molecular weight excluding hydrogens is 343 g/mol. The Morgan fingerprint density at radius 3 is 1.39 bits per heavy atom. The van der Waals surface area contributed by atoms with Crippen molar-refractivity contribution in [3.63, 3.8) is 0 Å². The Morgan fingerprint density at radius 2 is 0.893 bits per heavy atom. The second-order valence-corrected chi connectivity index (χ2v) is 11.7. The summed E-state index contributed by atoms with van der Waals surface area (Å²) >= 11 is 0. The fraction of sp³-hybridized carbons (Fsp3) is 1.00. The summed E-state index contributed by atoms with van der Waals surface area (Å²) in [6.45, 7) is 11.6. The summed E-state index contributed by atoms with van der Waals surface area (Å²) in [5.74, 6) is 6.22. The number of halogens is 1. The van der Waals surface area contributed by atoms with Crippen molar-refractivity contribution < 1.29 is 4.39 Å². The first kappa shape index (κ1) is 22.6. The predicted octanol–water partition coefficient (Wildman–Crippen LogP) is 8.69. The van der Waals surface area contributed by atoms with Gasteiger partial charge in [-0.1, -0.05) is 60.3 Å². The molecule has 3 aliphatic rings. The van der Waals surface area contributed by atoms with Gasteiger partial charge in [-0.05, 0) is 105 Å². The van der Waals surface area contributed by atoms with Crippen LogP contribution in [0.2, 0.25) is 0 Å². The van der Waals surface area contributed by atoms with Gasteiger partial charge in [0, 0.05) is 0 Å². The molecule has 0 spiro atoms. The van der Waals surface area contributed by atoms with Gasteiger partial charge in [0.15, 0.2) is 0 Å². The van der Waals surface area contributed by atoms with E-state index in [0.29, 0.717) is 11.8 Å². The third-order valence-corrected chi connectivity index (χ3v) is 9.93. The second-order valence-electron chi connectivity index (χ2n) is 11.7. The molecule has 0 radical (unpaired) electrons. The van der Waals surface area contributed by atoms with Crippen LogP contribution in [0.15, 0.2) is 0 Å². The van der Waals surface area contributed by atoms with E-state index in [9.17, 15) is 0 Å². The minimum Gasteiger partial charge on any atom is -0.247 e. The minimum atomic E-state index is -0.605. The van der Waals surface area contributed by atoms with Gasteiger partial charge in [0.05, 0.1) is 0 Å². The molecule has 0 bridgehead atoms. The standard InChI is InChI=1S/C27H49F/c1-18-6-10-23(11-7-18)20(3)21(4)27(28)22(5)24-14-16-26(17-15-24)25-12-8-19(2)9-13-25/h18-27H,6-17H2,1-5H3. The van der Waals surface area contributed by atoms with E-state index in [1.165, 1.54) is 77.0 Å². The Morgan fingerprint density at radius 1 is 0.536 bits per heavy atom. The van der Waals surface area contributed by atoms with E-state index in [4.69, 9.17) is 0 Å². The molecule has 3 saturated carbocycles. The first-order valence-corrected chi connectivity index (χ1v) is 13.0. The Hall–Kier alpha value is -0.0700. The molecule has 3 fully saturated rings. The van der Waals surface area contributed by atoms with E-state index in [-0.39, 0.29) is 11.8 Å². The molecule has 3 aliphatic carbocycles. The molecule has 3 rings (SSSR count). The van der Waals surface area contributed by atoms with Crippen LogP contribution in [0.25, 0.3) is 0 Å². The third kappa shape index (κ3) is 5.54. The van der Waals surface area contributed by atoms with Crippen molar-refractivity contribution in [3.8, 4) is 0 Å². The molecule has 164 valence electrons. The SMILES string of the molecule is CC1CCC(C2CCC(C(C)C(F)C(C)C(C)C3CCC(C)CC3)CC2)CC1. The lowest BCUT2D eigenvalue weighted by molar-refractivity contribution is 0.0422. The van der Waals surface area contributed by atoms with Crippen LogP contribution in [0.4, 0.5) is 4.39 Å². The van der Waals surface area contributed by atoms with Gasteiger partial charge in [0.2, 0.25) is 0 Å². The van der Waals surface area contributed by atoms with Crippen molar-refractivity contribution in [2.45, 2.75) is 118 Å². The van der Waals surface area contributed by atoms with Gasteiger partial charge in [0.1, 0.15) is 6.17 Å². The Kier molecular flexibility index (Phi) is 8.32. The van der Waals surface area contributed by atoms with Crippen molar-refractivity contribution in [1.82, 2.24) is 0 Å². The molecule has 28 heavy (non-hydrogen) atoms. The monoisotopic (exact) mass is 392 g/mol. The normalized spacial score (nSPS) is 41.8. The molecule has 0 N–H and O–H groups in total. The van der Waals surface area contributed by atoms with Crippen LogP contribution in [0.3, 0.4) is 0 Å². The van der Waals surface area contributed by atoms with Crippen molar-refractivity contribution in [2.24, 2.45) is 53.3 Å². The summed E-state index contributed by atoms with van der Waals surface area (Å²) in [5, 5.41) is 0. The van der Waals surface area contributed by atoms with Crippen LogP contribution < -0.4 is 0 Å². The average Bonchev–Trinajstić information content (AvgIpc) is 2.73. The highest BCUT2D eigenvalue weighted by atomic mass is 19.1. The average molecular weight is 393 g/mol. The fourth-order valence-corrected chi connectivity index (χ4v) is 7.17. The van der Waals surface area contributed by atoms with Crippen molar-refractivity contribution in [3.05, 3.63) is 0 Å². The largest absolute Gasteiger partial charge is 0.247 e. The summed E-state index contributed by atoms with van der Waals surface area (Å²) in [4.78, 5) is 0. The smallest absolute Gasteiger partial charge is 0.106 e. The van der Waals surface area contributed by atoms with Crippen LogP contribution >= 0.6 is 0 Å². The molecule has 0 aromatic carbocycles. The zero-order valence-electron chi connectivity index (χ0n) is 19.6. The molecule has 0 aromatic rings. The predicted molar refractivity (Wildman–Crippen MR) is 120 cm³/mol. The van der Waals surface area contributed by atoms with Gasteiger partial charge in [-0.3, -0.25) is 0 Å². The van der Waals surface area contributed by atoms with Crippen molar-refractivity contribution in [2.75, 3.05) is 0 Å². The molecular formula is C27H49F. The van der Waals surface area contributed by atoms with Gasteiger partial charge in [-0.25, -0.2) is 4.39 Å². The Balaban J connectivity index is 1.45. The molecule has 0 heterocycles. The van der Waals surface area contributed by atoms with Gasteiger partial charge < -0.3 is 0 Å². The highest BCUT2D eigenvalue weighted by molar-refractivity contribution is 4.88. The Bertz CT molecular complexity index is 435. The molecule has 0 nitrogen and oxygen atoms in total. The van der Waals surface area contributed by atoms with Crippen molar-refractivity contribution in [1.29, 1.82) is 0 Å². The van der Waals surface area contributed by atoms with Crippen LogP contribution in [-0.2, 0) is 0 Å². The Labute approximate surface area is 175 Å². The highest BCUT2D eigenvalue weighted by Crippen LogP contribution is 2.45. The van der Waals surface area contributed by atoms with E-state index in [1.54, 1.807) is 0 Å². The maximum absolute atomic E-state index is 15.6. The molecule has 0 amide bonds. The lowest BCUT2D eigenvalue weighted by atomic mass is 9.65. The number of rotatable bonds is 6. The third-order valence-electron chi connectivity index (χ3n) is 9.93. The van der Waals surface area contributed by atoms with E-state index >= 15 is 4.39 Å². The van der Waals surface area contributed by atoms with Crippen LogP contribution in [-0.4, -0.2) is 6.17 Å². The topological polar surface area (TPSA) is 0 Å². The van der Waals surface area contributed by atoms with Crippen molar-refractivity contribution >= 4 is 0 Å². The maximum Gasteiger partial charge on any atom is 0.106 e. The van der Waals surface area contributed by atoms with Crippen LogP contribution in [0, 0.1) is 53.3 Å². The summed E-state index contributed by atoms with van der Waals surface area (Å²) in [6, 6.07) is 0. The summed E-state index contributed by atoms with van der Waals surface area (Å²) in [6.07, 6.45) is 15.9. The summed E-state index contributed by atoms with van der Waals surface area (Å²) in [5.41, 5.74) is 0. The van der Waals surface area contributed by atoms with Gasteiger partial charge >= 0.3 is 0 Å². The zero-order chi connectivity index (χ0) is 20.3. The first-order valence-electron chi connectivity index (χ1n) is 13.0. The number of hydrogen-bond acceptors (Lipinski definition) is 0. The molecule has 1 heteroatoms. The van der Waals surface area contributed by atoms with Gasteiger partial charge in [0.25, 0.3) is 0 Å². The quantitative estimate of drug-likeness (QED) is 0.424. The minimum absolute atomic E-state index is 0.228. The van der Waals surface area contributed by atoms with Crippen LogP contribution in [0.5, 0.6) is 0 Å². The lowest BCUT2D eigenvalue weighted by Crippen LogP contribution is -2.36. The second kappa shape index (κ2) is 10.3. The van der Waals surface area contributed by atoms with E-state index in [1.807, 2.05) is 0 Å². The first-order chi connectivity index (χ1) is 13.4. The van der Waals surface area contributed by atoms with E-state index < -0.39 is 6.17 Å². The van der Waals surface area contributed by atoms with Gasteiger partial charge in [-0.2, -0.15) is 0 Å². The molecule has 4 atom stereocenters. The van der Waals surface area contributed by atoms with E-state index in [0.717, 1.165) is 29.6 Å². The lowest BCUT2D eigenvalue weighted by Gasteiger charge is -2.41. The highest BCUT2D eigenvalue weighted by Gasteiger charge is 2.38. The number of hydrogen-bond donors (Lipinski definition) is 0. The number of alkyl halides is 1. The zero-order valence-corrected chi connectivity index (χ0v) is 19.6. The summed E-state index contributed by atoms with van der Waals surface area (Å²) < 4.78 is 15.6. The summed E-state index contributed by atoms with van der Waals surface area (Å²) in [7, 11) is 0. The fourth-order valence-electron chi connectivity index (χ4n) is 7.17. The molecule has 0 saturated heterocycles. The van der Waals surface area contributed by atoms with Crippen LogP contribution in [0.1, 0.15) is 112 Å². The molecule has 4 unspecified atom stereocenters. The van der Waals surface area contributed by atoms with Gasteiger partial charge in [-0.15, -0.1) is 0 Å². The maximum atomic E-state index is 15.6. The molecule has 0 aromatic heterocycles. The molecule has 0 aliphatic heterocycles.